The van der Waals surface area contributed by atoms with Crippen LogP contribution in [0.4, 0.5) is 0 Å². The maximum Gasteiger partial charge on any atom is 0.326 e. The Morgan fingerprint density at radius 3 is 2.67 bits per heavy atom. The van der Waals surface area contributed by atoms with Gasteiger partial charge in [0.25, 0.3) is 5.91 Å². The van der Waals surface area contributed by atoms with Crippen LogP contribution < -0.4 is 0 Å². The average molecular weight is 409 g/mol. The second-order valence-electron chi connectivity index (χ2n) is 9.10. The molecule has 8 nitrogen and oxygen atoms in total. The van der Waals surface area contributed by atoms with Crippen LogP contribution >= 0.6 is 0 Å². The van der Waals surface area contributed by atoms with Crippen LogP contribution in [0, 0.1) is 5.41 Å². The van der Waals surface area contributed by atoms with Crippen molar-refractivity contribution in [3.8, 4) is 0 Å². The van der Waals surface area contributed by atoms with Crippen LogP contribution in [0.5, 0.6) is 0 Å². The van der Waals surface area contributed by atoms with E-state index in [2.05, 4.69) is 31.1 Å². The van der Waals surface area contributed by atoms with E-state index in [1.807, 2.05) is 45.8 Å². The molecule has 1 aromatic carbocycles. The van der Waals surface area contributed by atoms with Crippen molar-refractivity contribution in [3.63, 3.8) is 0 Å². The molecule has 2 aromatic heterocycles. The molecule has 1 amide bonds. The van der Waals surface area contributed by atoms with E-state index in [9.17, 15) is 14.7 Å². The molecule has 158 valence electrons. The van der Waals surface area contributed by atoms with Crippen molar-refractivity contribution in [3.05, 3.63) is 47.9 Å². The van der Waals surface area contributed by atoms with Gasteiger partial charge in [-0.25, -0.2) is 4.79 Å². The minimum Gasteiger partial charge on any atom is -0.480 e. The average Bonchev–Trinajstić information content (AvgIpc) is 3.23. The number of fused-ring (bicyclic) bond motifs is 1. The molecule has 30 heavy (non-hydrogen) atoms. The van der Waals surface area contributed by atoms with Gasteiger partial charge in [-0.2, -0.15) is 0 Å². The van der Waals surface area contributed by atoms with Gasteiger partial charge in [-0.1, -0.05) is 44.2 Å². The number of nitrogens with zero attached hydrogens (tertiary/aromatic N) is 5. The fourth-order valence-corrected chi connectivity index (χ4v) is 3.72. The lowest BCUT2D eigenvalue weighted by atomic mass is 9.92. The van der Waals surface area contributed by atoms with E-state index in [0.29, 0.717) is 25.2 Å². The summed E-state index contributed by atoms with van der Waals surface area (Å²) >= 11 is 0. The smallest absolute Gasteiger partial charge is 0.326 e. The molecule has 1 fully saturated rings. The van der Waals surface area contributed by atoms with Gasteiger partial charge in [0.15, 0.2) is 0 Å². The minimum atomic E-state index is -0.959. The molecule has 1 atom stereocenters. The zero-order valence-electron chi connectivity index (χ0n) is 17.6. The molecular formula is C22H27N5O3. The summed E-state index contributed by atoms with van der Waals surface area (Å²) in [5, 5.41) is 18.8. The predicted molar refractivity (Wildman–Crippen MR) is 112 cm³/mol. The molecule has 1 aliphatic rings. The number of aliphatic carboxylic acids is 1. The van der Waals surface area contributed by atoms with Gasteiger partial charge < -0.3 is 14.6 Å². The molecule has 3 heterocycles. The highest BCUT2D eigenvalue weighted by Gasteiger charge is 2.39. The zero-order chi connectivity index (χ0) is 21.5. The summed E-state index contributed by atoms with van der Waals surface area (Å²) in [7, 11) is 0. The van der Waals surface area contributed by atoms with Crippen molar-refractivity contribution >= 4 is 22.8 Å². The third kappa shape index (κ3) is 3.94. The predicted octanol–water partition coefficient (Wildman–Crippen LogP) is 3.02. The first kappa shape index (κ1) is 20.1. The topological polar surface area (TPSA) is 93.2 Å². The molecule has 8 heteroatoms. The maximum absolute atomic E-state index is 13.1. The number of carbonyl (C=O) groups excluding carboxylic acids is 1. The molecule has 0 unspecified atom stereocenters. The third-order valence-electron chi connectivity index (χ3n) is 5.59. The quantitative estimate of drug-likeness (QED) is 0.675. The molecule has 0 bridgehead atoms. The Labute approximate surface area is 175 Å². The Bertz CT molecular complexity index is 1090. The lowest BCUT2D eigenvalue weighted by Crippen LogP contribution is -2.55. The van der Waals surface area contributed by atoms with E-state index in [1.54, 1.807) is 0 Å². The van der Waals surface area contributed by atoms with Crippen LogP contribution in [-0.2, 0) is 17.9 Å². The maximum atomic E-state index is 13.1. The first-order valence-electron chi connectivity index (χ1n) is 10.2. The number of para-hydroxylation sites is 1. The fourth-order valence-electron chi connectivity index (χ4n) is 3.72. The molecule has 0 saturated carbocycles. The summed E-state index contributed by atoms with van der Waals surface area (Å²) in [5.41, 5.74) is 2.36. The fraction of sp³-hybridized carbons (Fsp3) is 0.455. The van der Waals surface area contributed by atoms with Crippen LogP contribution in [0.1, 0.15) is 49.8 Å². The van der Waals surface area contributed by atoms with Crippen molar-refractivity contribution in [2.75, 3.05) is 6.54 Å². The van der Waals surface area contributed by atoms with Gasteiger partial charge in [0.2, 0.25) is 0 Å². The van der Waals surface area contributed by atoms with Crippen LogP contribution in [0.15, 0.2) is 36.5 Å². The van der Waals surface area contributed by atoms with Crippen LogP contribution in [0.2, 0.25) is 0 Å². The summed E-state index contributed by atoms with van der Waals surface area (Å²) in [6.45, 7) is 8.21. The first-order chi connectivity index (χ1) is 14.2. The van der Waals surface area contributed by atoms with Gasteiger partial charge in [0, 0.05) is 24.0 Å². The number of amides is 1. The Balaban J connectivity index is 1.62. The number of carboxylic acids is 1. The van der Waals surface area contributed by atoms with Gasteiger partial charge in [-0.15, -0.1) is 5.10 Å². The first-order valence-corrected chi connectivity index (χ1v) is 10.2. The monoisotopic (exact) mass is 409 g/mol. The molecule has 1 saturated heterocycles. The Hall–Kier alpha value is -3.16. The highest BCUT2D eigenvalue weighted by molar-refractivity contribution is 6.01. The second-order valence-corrected chi connectivity index (χ2v) is 9.10. The van der Waals surface area contributed by atoms with Gasteiger partial charge in [-0.05, 0) is 30.4 Å². The lowest BCUT2D eigenvalue weighted by Gasteiger charge is -2.38. The number of rotatable bonds is 6. The Morgan fingerprint density at radius 1 is 1.23 bits per heavy atom. The highest BCUT2D eigenvalue weighted by Crippen LogP contribution is 2.26. The number of hydrogen-bond donors (Lipinski definition) is 1. The molecular weight excluding hydrogens is 382 g/mol. The summed E-state index contributed by atoms with van der Waals surface area (Å²) in [6.07, 6.45) is 3.39. The number of carboxylic acid groups (broad SMARTS) is 1. The summed E-state index contributed by atoms with van der Waals surface area (Å²) in [6, 6.07) is 8.85. The summed E-state index contributed by atoms with van der Waals surface area (Å²) in [4.78, 5) is 26.0. The number of benzene rings is 1. The van der Waals surface area contributed by atoms with E-state index in [0.717, 1.165) is 29.6 Å². The van der Waals surface area contributed by atoms with Crippen molar-refractivity contribution in [2.45, 2.75) is 52.7 Å². The van der Waals surface area contributed by atoms with Gasteiger partial charge >= 0.3 is 5.97 Å². The zero-order valence-corrected chi connectivity index (χ0v) is 17.6. The van der Waals surface area contributed by atoms with Crippen molar-refractivity contribution in [1.82, 2.24) is 24.5 Å². The molecule has 4 rings (SSSR count). The molecule has 1 N–H and O–H groups in total. The molecule has 1 aliphatic heterocycles. The van der Waals surface area contributed by atoms with Gasteiger partial charge in [-0.3, -0.25) is 9.48 Å². The van der Waals surface area contributed by atoms with Crippen molar-refractivity contribution in [1.29, 1.82) is 0 Å². The van der Waals surface area contributed by atoms with E-state index < -0.39 is 12.0 Å². The molecule has 0 aliphatic carbocycles. The van der Waals surface area contributed by atoms with Crippen LogP contribution in [-0.4, -0.2) is 54.0 Å². The van der Waals surface area contributed by atoms with Gasteiger partial charge in [0.05, 0.1) is 12.7 Å². The number of likely N-dealkylation sites (tertiary alicyclic amines) is 1. The highest BCUT2D eigenvalue weighted by atomic mass is 16.4. The van der Waals surface area contributed by atoms with E-state index >= 15 is 0 Å². The van der Waals surface area contributed by atoms with Crippen LogP contribution in [0.3, 0.4) is 0 Å². The van der Waals surface area contributed by atoms with Crippen molar-refractivity contribution < 1.29 is 14.7 Å². The third-order valence-corrected chi connectivity index (χ3v) is 5.59. The normalized spacial score (nSPS) is 16.6. The number of carbonyl (C=O) groups is 2. The molecule has 0 spiro atoms. The van der Waals surface area contributed by atoms with E-state index in [4.69, 9.17) is 0 Å². The molecule has 0 radical (unpaired) electrons. The Kier molecular flexibility index (Phi) is 5.09. The Morgan fingerprint density at radius 2 is 2.00 bits per heavy atom. The summed E-state index contributed by atoms with van der Waals surface area (Å²) < 4.78 is 3.75. The van der Waals surface area contributed by atoms with Gasteiger partial charge in [0.1, 0.15) is 17.4 Å². The molecule has 3 aromatic rings. The lowest BCUT2D eigenvalue weighted by molar-refractivity contribution is -0.146. The minimum absolute atomic E-state index is 0.209. The van der Waals surface area contributed by atoms with Crippen LogP contribution in [0.25, 0.3) is 10.9 Å². The van der Waals surface area contributed by atoms with E-state index in [1.165, 1.54) is 4.90 Å². The second kappa shape index (κ2) is 7.59. The number of aryl methyl sites for hydroxylation is 1. The number of hydrogen-bond acceptors (Lipinski definition) is 4. The summed E-state index contributed by atoms with van der Waals surface area (Å²) in [5.74, 6) is -1.22. The largest absolute Gasteiger partial charge is 0.480 e. The SMILES string of the molecule is CC(C)(C)CCn1cc(Cn2c(C(=O)N3CC[C@H]3C(=O)O)cc3ccccc32)nn1. The standard InChI is InChI=1S/C22H27N5O3/c1-22(2,3)9-11-25-13-16(23-24-25)14-27-17-7-5-4-6-15(17)12-19(27)20(28)26-10-8-18(26)21(29)30/h4-7,12-13,18H,8-11,14H2,1-3H3,(H,29,30)/t18-/m0/s1. The van der Waals surface area contributed by atoms with Crippen molar-refractivity contribution in [2.24, 2.45) is 5.41 Å². The van der Waals surface area contributed by atoms with E-state index in [-0.39, 0.29) is 11.3 Å². The number of aromatic nitrogens is 4.